The molecule has 0 amide bonds. The number of aryl methyl sites for hydroxylation is 1. The number of aliphatic hydroxyl groups excluding tert-OH is 1. The highest BCUT2D eigenvalue weighted by molar-refractivity contribution is 5.85. The first-order valence-corrected chi connectivity index (χ1v) is 8.29. The molecule has 2 aromatic rings. The molecule has 0 saturated carbocycles. The van der Waals surface area contributed by atoms with Crippen molar-refractivity contribution >= 4 is 10.9 Å². The minimum absolute atomic E-state index is 0.212. The summed E-state index contributed by atoms with van der Waals surface area (Å²) in [7, 11) is 2.13. The largest absolute Gasteiger partial charge is 0.390 e. The summed E-state index contributed by atoms with van der Waals surface area (Å²) in [6.07, 6.45) is -0.419. The van der Waals surface area contributed by atoms with Crippen LogP contribution in [0.5, 0.6) is 0 Å². The number of hydrogen-bond donors (Lipinski definition) is 1. The van der Waals surface area contributed by atoms with Crippen molar-refractivity contribution in [1.82, 2.24) is 14.4 Å². The number of nitrogens with zero attached hydrogens (tertiary/aromatic N) is 3. The SMILES string of the molecule is Cc1c(C)n(CC(O)CN2CCN(C)CC2)c2ccc(F)cc12. The lowest BCUT2D eigenvalue weighted by atomic mass is 10.1. The van der Waals surface area contributed by atoms with Gasteiger partial charge in [0.2, 0.25) is 0 Å². The lowest BCUT2D eigenvalue weighted by molar-refractivity contribution is 0.0714. The van der Waals surface area contributed by atoms with Crippen molar-refractivity contribution in [3.8, 4) is 0 Å². The summed E-state index contributed by atoms with van der Waals surface area (Å²) in [5, 5.41) is 11.5. The molecule has 1 fully saturated rings. The normalized spacial score (nSPS) is 18.7. The van der Waals surface area contributed by atoms with Crippen LogP contribution in [0.1, 0.15) is 11.3 Å². The predicted molar refractivity (Wildman–Crippen MR) is 91.3 cm³/mol. The summed E-state index contributed by atoms with van der Waals surface area (Å²) in [6, 6.07) is 4.89. The summed E-state index contributed by atoms with van der Waals surface area (Å²) in [6.45, 7) is 9.40. The van der Waals surface area contributed by atoms with E-state index in [1.807, 2.05) is 19.9 Å². The smallest absolute Gasteiger partial charge is 0.123 e. The standard InChI is InChI=1S/C18H26FN3O/c1-13-14(2)22(18-5-4-15(19)10-17(13)18)12-16(23)11-21-8-6-20(3)7-9-21/h4-5,10,16,23H,6-9,11-12H2,1-3H3. The Kier molecular flexibility index (Phi) is 4.71. The van der Waals surface area contributed by atoms with Gasteiger partial charge in [0.05, 0.1) is 12.6 Å². The van der Waals surface area contributed by atoms with Crippen LogP contribution in [0.25, 0.3) is 10.9 Å². The van der Waals surface area contributed by atoms with Gasteiger partial charge in [-0.05, 0) is 44.7 Å². The number of likely N-dealkylation sites (N-methyl/N-ethyl adjacent to an activating group) is 1. The van der Waals surface area contributed by atoms with Crippen LogP contribution in [-0.2, 0) is 6.54 Å². The zero-order valence-corrected chi connectivity index (χ0v) is 14.2. The van der Waals surface area contributed by atoms with E-state index in [0.29, 0.717) is 13.1 Å². The molecule has 126 valence electrons. The first kappa shape index (κ1) is 16.4. The summed E-state index contributed by atoms with van der Waals surface area (Å²) < 4.78 is 15.6. The van der Waals surface area contributed by atoms with Crippen LogP contribution >= 0.6 is 0 Å². The topological polar surface area (TPSA) is 31.6 Å². The van der Waals surface area contributed by atoms with Gasteiger partial charge in [-0.2, -0.15) is 0 Å². The van der Waals surface area contributed by atoms with Gasteiger partial charge in [-0.15, -0.1) is 0 Å². The molecule has 1 unspecified atom stereocenters. The maximum atomic E-state index is 13.5. The van der Waals surface area contributed by atoms with Crippen molar-refractivity contribution in [2.45, 2.75) is 26.5 Å². The van der Waals surface area contributed by atoms with E-state index in [1.165, 1.54) is 6.07 Å². The third-order valence-corrected chi connectivity index (χ3v) is 5.06. The summed E-state index contributed by atoms with van der Waals surface area (Å²) >= 11 is 0. The molecule has 1 N–H and O–H groups in total. The van der Waals surface area contributed by atoms with Crippen LogP contribution in [0.3, 0.4) is 0 Å². The molecule has 0 spiro atoms. The second-order valence-corrected chi connectivity index (χ2v) is 6.74. The van der Waals surface area contributed by atoms with Crippen molar-refractivity contribution in [2.24, 2.45) is 0 Å². The third kappa shape index (κ3) is 3.42. The van der Waals surface area contributed by atoms with Gasteiger partial charge in [-0.25, -0.2) is 4.39 Å². The summed E-state index contributed by atoms with van der Waals surface area (Å²) in [4.78, 5) is 4.63. The fourth-order valence-corrected chi connectivity index (χ4v) is 3.45. The molecular weight excluding hydrogens is 293 g/mol. The van der Waals surface area contributed by atoms with Crippen molar-refractivity contribution < 1.29 is 9.50 Å². The van der Waals surface area contributed by atoms with Crippen molar-refractivity contribution in [1.29, 1.82) is 0 Å². The zero-order valence-electron chi connectivity index (χ0n) is 14.2. The highest BCUT2D eigenvalue weighted by Gasteiger charge is 2.19. The minimum atomic E-state index is -0.419. The molecule has 2 heterocycles. The van der Waals surface area contributed by atoms with Crippen LogP contribution in [0.4, 0.5) is 4.39 Å². The molecule has 1 aromatic heterocycles. The van der Waals surface area contributed by atoms with Gasteiger partial charge < -0.3 is 14.6 Å². The van der Waals surface area contributed by atoms with Crippen LogP contribution in [0.15, 0.2) is 18.2 Å². The Morgan fingerprint density at radius 3 is 2.52 bits per heavy atom. The molecule has 3 rings (SSSR count). The Balaban J connectivity index is 1.74. The minimum Gasteiger partial charge on any atom is -0.390 e. The molecule has 1 atom stereocenters. The number of aliphatic hydroxyl groups is 1. The molecule has 1 saturated heterocycles. The highest BCUT2D eigenvalue weighted by Crippen LogP contribution is 2.26. The van der Waals surface area contributed by atoms with Crippen LogP contribution in [0.2, 0.25) is 0 Å². The van der Waals surface area contributed by atoms with E-state index in [2.05, 4.69) is 21.4 Å². The first-order valence-electron chi connectivity index (χ1n) is 8.29. The van der Waals surface area contributed by atoms with Gasteiger partial charge in [0.15, 0.2) is 0 Å². The molecular formula is C18H26FN3O. The molecule has 5 heteroatoms. The second kappa shape index (κ2) is 6.59. The Labute approximate surface area is 137 Å². The van der Waals surface area contributed by atoms with E-state index in [0.717, 1.165) is 48.3 Å². The van der Waals surface area contributed by atoms with Crippen LogP contribution in [-0.4, -0.2) is 65.3 Å². The number of β-amino-alcohol motifs (C(OH)–C–C–N with tert-alkyl or cyclic N) is 1. The number of halogens is 1. The Hall–Kier alpha value is -1.43. The molecule has 1 aliphatic heterocycles. The lowest BCUT2D eigenvalue weighted by Gasteiger charge is -2.33. The Bertz CT molecular complexity index is 689. The van der Waals surface area contributed by atoms with E-state index < -0.39 is 6.10 Å². The van der Waals surface area contributed by atoms with Gasteiger partial charge >= 0.3 is 0 Å². The van der Waals surface area contributed by atoms with E-state index in [9.17, 15) is 9.50 Å². The zero-order chi connectivity index (χ0) is 16.6. The van der Waals surface area contributed by atoms with Crippen LogP contribution < -0.4 is 0 Å². The number of hydrogen-bond acceptors (Lipinski definition) is 3. The van der Waals surface area contributed by atoms with Gasteiger partial charge in [-0.1, -0.05) is 0 Å². The second-order valence-electron chi connectivity index (χ2n) is 6.74. The molecule has 0 radical (unpaired) electrons. The Morgan fingerprint density at radius 2 is 1.83 bits per heavy atom. The number of rotatable bonds is 4. The lowest BCUT2D eigenvalue weighted by Crippen LogP contribution is -2.47. The van der Waals surface area contributed by atoms with Gasteiger partial charge in [0.1, 0.15) is 5.82 Å². The molecule has 23 heavy (non-hydrogen) atoms. The fraction of sp³-hybridized carbons (Fsp3) is 0.556. The molecule has 1 aromatic carbocycles. The number of piperazine rings is 1. The number of benzene rings is 1. The van der Waals surface area contributed by atoms with Crippen molar-refractivity contribution in [3.63, 3.8) is 0 Å². The average molecular weight is 319 g/mol. The number of fused-ring (bicyclic) bond motifs is 1. The predicted octanol–water partition coefficient (Wildman–Crippen LogP) is 2.01. The van der Waals surface area contributed by atoms with E-state index in [-0.39, 0.29) is 5.82 Å². The third-order valence-electron chi connectivity index (χ3n) is 5.06. The van der Waals surface area contributed by atoms with Crippen LogP contribution in [0, 0.1) is 19.7 Å². The monoisotopic (exact) mass is 319 g/mol. The molecule has 1 aliphatic rings. The van der Waals surface area contributed by atoms with E-state index >= 15 is 0 Å². The number of aromatic nitrogens is 1. The molecule has 0 bridgehead atoms. The molecule has 4 nitrogen and oxygen atoms in total. The van der Waals surface area contributed by atoms with Gasteiger partial charge in [-0.3, -0.25) is 4.90 Å². The molecule has 0 aliphatic carbocycles. The Morgan fingerprint density at radius 1 is 1.13 bits per heavy atom. The highest BCUT2D eigenvalue weighted by atomic mass is 19.1. The first-order chi connectivity index (χ1) is 11.0. The quantitative estimate of drug-likeness (QED) is 0.935. The summed E-state index contributed by atoms with van der Waals surface area (Å²) in [5.41, 5.74) is 3.19. The van der Waals surface area contributed by atoms with E-state index in [4.69, 9.17) is 0 Å². The van der Waals surface area contributed by atoms with Crippen molar-refractivity contribution in [2.75, 3.05) is 39.8 Å². The maximum absolute atomic E-state index is 13.5. The summed E-state index contributed by atoms with van der Waals surface area (Å²) in [5.74, 6) is -0.212. The van der Waals surface area contributed by atoms with Gasteiger partial charge in [0, 0.05) is 49.3 Å². The van der Waals surface area contributed by atoms with E-state index in [1.54, 1.807) is 6.07 Å². The fourth-order valence-electron chi connectivity index (χ4n) is 3.45. The average Bonchev–Trinajstić information content (AvgIpc) is 2.74. The maximum Gasteiger partial charge on any atom is 0.123 e. The van der Waals surface area contributed by atoms with Crippen molar-refractivity contribution in [3.05, 3.63) is 35.3 Å². The van der Waals surface area contributed by atoms with Gasteiger partial charge in [0.25, 0.3) is 0 Å².